The van der Waals surface area contributed by atoms with Gasteiger partial charge in [-0.25, -0.2) is 4.21 Å². The fourth-order valence-electron chi connectivity index (χ4n) is 9.29. The molecule has 0 saturated carbocycles. The summed E-state index contributed by atoms with van der Waals surface area (Å²) in [6.45, 7) is 4.95. The minimum Gasteiger partial charge on any atom is -0.497 e. The van der Waals surface area contributed by atoms with Gasteiger partial charge in [-0.05, 0) is 101 Å². The van der Waals surface area contributed by atoms with E-state index in [0.29, 0.717) is 33.9 Å². The molecule has 1 fully saturated rings. The maximum absolute atomic E-state index is 15.4. The SMILES string of the molecule is C=S(=O)(F)OCCC[C@@H](c1ccc(C)cc1)N1CC(=O)N[C@H](C)C(=O)N(CCc2ccccc2Oc2ccccc2)CC(=O)N(c2cc(OC)cc(OC)c2)CC(=O)N(CCOC(C)C)CC(=O)N([C@@H](C)c2ccc(OC)cc2)CC1=O. The monoisotopic (exact) mass is 1150 g/mol. The van der Waals surface area contributed by atoms with Crippen molar-refractivity contribution in [2.75, 3.05) is 85.3 Å². The number of ether oxygens (including phenoxy) is 5. The highest BCUT2D eigenvalue weighted by molar-refractivity contribution is 7.91. The first-order valence-electron chi connectivity index (χ1n) is 27.0. The fourth-order valence-corrected chi connectivity index (χ4v) is 9.66. The van der Waals surface area contributed by atoms with E-state index in [4.69, 9.17) is 27.9 Å². The lowest BCUT2D eigenvalue weighted by molar-refractivity contribution is -0.148. The van der Waals surface area contributed by atoms with E-state index in [1.807, 2.05) is 69.3 Å². The van der Waals surface area contributed by atoms with Crippen LogP contribution in [0.5, 0.6) is 28.7 Å². The zero-order valence-electron chi connectivity index (χ0n) is 47.9. The van der Waals surface area contributed by atoms with Crippen LogP contribution < -0.4 is 29.2 Å². The number of anilines is 1. The van der Waals surface area contributed by atoms with Gasteiger partial charge in [0.25, 0.3) is 0 Å². The summed E-state index contributed by atoms with van der Waals surface area (Å²) in [5.74, 6) is 0.903. The molecule has 5 aromatic rings. The number of nitrogens with zero attached hydrogens (tertiary/aromatic N) is 5. The van der Waals surface area contributed by atoms with Crippen LogP contribution in [0, 0.1) is 6.92 Å². The topological polar surface area (TPSA) is 203 Å². The van der Waals surface area contributed by atoms with Crippen LogP contribution in [0.15, 0.2) is 121 Å². The third-order valence-electron chi connectivity index (χ3n) is 13.8. The second-order valence-corrected chi connectivity index (χ2v) is 21.3. The van der Waals surface area contributed by atoms with Gasteiger partial charge in [-0.2, -0.15) is 0 Å². The second kappa shape index (κ2) is 30.2. The molecular formula is C61H75FN6O13S. The summed E-state index contributed by atoms with van der Waals surface area (Å²) in [4.78, 5) is 97.2. The van der Waals surface area contributed by atoms with Crippen molar-refractivity contribution < 1.29 is 64.7 Å². The number of benzene rings is 5. The van der Waals surface area contributed by atoms with E-state index in [1.165, 1.54) is 64.9 Å². The minimum atomic E-state index is -4.34. The minimum absolute atomic E-state index is 0.0174. The average molecular weight is 1150 g/mol. The van der Waals surface area contributed by atoms with Gasteiger partial charge in [0, 0.05) is 37.2 Å². The number of halogens is 1. The Balaban J connectivity index is 1.50. The molecule has 0 spiro atoms. The average Bonchev–Trinajstić information content (AvgIpc) is 3.56. The molecule has 1 heterocycles. The van der Waals surface area contributed by atoms with Crippen molar-refractivity contribution in [2.24, 2.45) is 0 Å². The molecule has 1 unspecified atom stereocenters. The van der Waals surface area contributed by atoms with Gasteiger partial charge in [0.1, 0.15) is 61.0 Å². The number of methoxy groups -OCH3 is 3. The lowest BCUT2D eigenvalue weighted by atomic mass is 9.98. The van der Waals surface area contributed by atoms with E-state index in [9.17, 15) is 12.9 Å². The van der Waals surface area contributed by atoms with Gasteiger partial charge in [0.05, 0.1) is 65.0 Å². The predicted molar refractivity (Wildman–Crippen MR) is 311 cm³/mol. The van der Waals surface area contributed by atoms with Crippen molar-refractivity contribution in [1.29, 1.82) is 0 Å². The van der Waals surface area contributed by atoms with E-state index in [1.54, 1.807) is 67.6 Å². The second-order valence-electron chi connectivity index (χ2n) is 20.0. The third kappa shape index (κ3) is 18.5. The Morgan fingerprint density at radius 3 is 1.89 bits per heavy atom. The maximum atomic E-state index is 15.4. The van der Waals surface area contributed by atoms with Crippen molar-refractivity contribution in [3.05, 3.63) is 144 Å². The summed E-state index contributed by atoms with van der Waals surface area (Å²) in [7, 11) is 0.0333. The molecule has 0 aliphatic carbocycles. The summed E-state index contributed by atoms with van der Waals surface area (Å²) in [5.41, 5.74) is 2.91. The van der Waals surface area contributed by atoms with Crippen molar-refractivity contribution in [2.45, 2.75) is 78.1 Å². The van der Waals surface area contributed by atoms with Gasteiger partial charge in [-0.3, -0.25) is 33.0 Å². The van der Waals surface area contributed by atoms with Crippen molar-refractivity contribution in [3.63, 3.8) is 0 Å². The van der Waals surface area contributed by atoms with Crippen LogP contribution in [-0.2, 0) is 54.3 Å². The van der Waals surface area contributed by atoms with Gasteiger partial charge < -0.3 is 53.5 Å². The smallest absolute Gasteiger partial charge is 0.247 e. The first-order chi connectivity index (χ1) is 39.2. The lowest BCUT2D eigenvalue weighted by Crippen LogP contribution is -2.55. The van der Waals surface area contributed by atoms with E-state index in [2.05, 4.69) is 11.2 Å². The highest BCUT2D eigenvalue weighted by atomic mass is 32.3. The zero-order chi connectivity index (χ0) is 59.5. The zero-order valence-corrected chi connectivity index (χ0v) is 48.7. The standard InChI is InChI=1S/C61H75FN6O13S/c1-42(2)79-33-31-64-38-58(71)66(45(5)46-25-27-50(76-6)28-26-46)41-60(73)68(54(19-15-32-80-82(9,62)75)47-23-21-43(3)22-24-47)37-56(69)63-44(4)61(74)65(30-29-48-16-13-14-20-55(48)81-51-17-11-10-12-18-51)39-59(72)67(40-57(64)70)49-34-52(77-7)36-53(35-49)78-8/h10-14,16-18,20-28,34-36,42,44-45,54H,9,15,19,29-33,37-41H2,1-8H3,(H,63,69)/t44-,45+,54+,82?/m1/s1. The highest BCUT2D eigenvalue weighted by Gasteiger charge is 2.36. The first-order valence-corrected chi connectivity index (χ1v) is 28.5. The lowest BCUT2D eigenvalue weighted by Gasteiger charge is -2.37. The van der Waals surface area contributed by atoms with Crippen molar-refractivity contribution in [1.82, 2.24) is 24.9 Å². The van der Waals surface area contributed by atoms with Crippen LogP contribution in [0.25, 0.3) is 0 Å². The van der Waals surface area contributed by atoms with E-state index < -0.39 is 96.5 Å². The van der Waals surface area contributed by atoms with Crippen LogP contribution in [0.4, 0.5) is 9.57 Å². The van der Waals surface area contributed by atoms with Crippen LogP contribution in [-0.4, -0.2) is 158 Å². The first kappa shape index (κ1) is 63.2. The number of nitrogens with one attached hydrogen (secondary N) is 1. The molecule has 1 N–H and O–H groups in total. The highest BCUT2D eigenvalue weighted by Crippen LogP contribution is 2.32. The van der Waals surface area contributed by atoms with Crippen molar-refractivity contribution >= 4 is 57.2 Å². The Morgan fingerprint density at radius 2 is 1.26 bits per heavy atom. The molecule has 0 radical (unpaired) electrons. The summed E-state index contributed by atoms with van der Waals surface area (Å²) < 4.78 is 59.6. The molecule has 5 aromatic carbocycles. The molecule has 1 saturated heterocycles. The molecule has 4 atom stereocenters. The summed E-state index contributed by atoms with van der Waals surface area (Å²) >= 11 is 0. The van der Waals surface area contributed by atoms with Gasteiger partial charge in [-0.15, -0.1) is 3.89 Å². The molecule has 19 nitrogen and oxygen atoms in total. The molecule has 1 aliphatic heterocycles. The Hall–Kier alpha value is -8.01. The van der Waals surface area contributed by atoms with Crippen LogP contribution in [0.2, 0.25) is 0 Å². The quantitative estimate of drug-likeness (QED) is 0.0407. The number of para-hydroxylation sites is 2. The summed E-state index contributed by atoms with van der Waals surface area (Å²) in [5, 5.41) is 2.77. The van der Waals surface area contributed by atoms with E-state index in [0.717, 1.165) is 5.56 Å². The third-order valence-corrected chi connectivity index (χ3v) is 14.3. The summed E-state index contributed by atoms with van der Waals surface area (Å²) in [6, 6.07) is 32.0. The predicted octanol–water partition coefficient (Wildman–Crippen LogP) is 7.46. The molecule has 6 rings (SSSR count). The van der Waals surface area contributed by atoms with Gasteiger partial charge in [0.2, 0.25) is 45.6 Å². The van der Waals surface area contributed by atoms with Crippen LogP contribution in [0.1, 0.15) is 74.9 Å². The molecule has 1 aliphatic rings. The van der Waals surface area contributed by atoms with E-state index in [-0.39, 0.29) is 68.9 Å². The van der Waals surface area contributed by atoms with Crippen molar-refractivity contribution in [3.8, 4) is 28.7 Å². The molecule has 0 aromatic heterocycles. The normalized spacial score (nSPS) is 17.0. The number of rotatable bonds is 22. The number of hydrogen-bond acceptors (Lipinski definition) is 13. The molecular weight excluding hydrogens is 1080 g/mol. The number of aryl methyl sites for hydroxylation is 1. The Morgan fingerprint density at radius 1 is 0.646 bits per heavy atom. The van der Waals surface area contributed by atoms with Crippen LogP contribution in [0.3, 0.4) is 0 Å². The Bertz CT molecular complexity index is 3050. The molecule has 6 amide bonds. The van der Waals surface area contributed by atoms with Gasteiger partial charge in [-0.1, -0.05) is 78.4 Å². The van der Waals surface area contributed by atoms with Gasteiger partial charge >= 0.3 is 0 Å². The summed E-state index contributed by atoms with van der Waals surface area (Å²) in [6.07, 6.45) is -0.0108. The number of carbonyl (C=O) groups is 6. The number of carbonyl (C=O) groups excluding carboxylic acids is 6. The maximum Gasteiger partial charge on any atom is 0.247 e. The fraction of sp³-hybridized carbons (Fsp3) is 0.393. The molecule has 82 heavy (non-hydrogen) atoms. The largest absolute Gasteiger partial charge is 0.497 e. The number of hydrogen-bond donors (Lipinski definition) is 1. The van der Waals surface area contributed by atoms with Gasteiger partial charge in [0.15, 0.2) is 0 Å². The molecule has 0 bridgehead atoms. The molecule has 21 heteroatoms. The Labute approximate surface area is 480 Å². The molecule has 440 valence electrons. The Kier molecular flexibility index (Phi) is 23.2. The van der Waals surface area contributed by atoms with Crippen LogP contribution >= 0.6 is 0 Å². The van der Waals surface area contributed by atoms with E-state index >= 15 is 24.0 Å². The number of amides is 6.